The van der Waals surface area contributed by atoms with Crippen molar-refractivity contribution < 1.29 is 19.5 Å². The summed E-state index contributed by atoms with van der Waals surface area (Å²) in [6, 6.07) is 23.3. The molecule has 0 saturated heterocycles. The first-order valence-electron chi connectivity index (χ1n) is 9.39. The molecule has 3 aromatic carbocycles. The van der Waals surface area contributed by atoms with E-state index in [0.717, 1.165) is 21.6 Å². The number of nitrogens with zero attached hydrogens (tertiary/aromatic N) is 1. The molecule has 0 radical (unpaired) electrons. The number of anilines is 1. The molecule has 1 atom stereocenters. The van der Waals surface area contributed by atoms with E-state index >= 15 is 0 Å². The van der Waals surface area contributed by atoms with Gasteiger partial charge >= 0.3 is 12.0 Å². The largest absolute Gasteiger partial charge is 0.478 e. The van der Waals surface area contributed by atoms with Crippen molar-refractivity contribution in [2.45, 2.75) is 12.7 Å². The highest BCUT2D eigenvalue weighted by atomic mass is 16.4. The summed E-state index contributed by atoms with van der Waals surface area (Å²) in [5.41, 5.74) is 3.37. The van der Waals surface area contributed by atoms with E-state index in [2.05, 4.69) is 10.6 Å². The van der Waals surface area contributed by atoms with Crippen molar-refractivity contribution >= 4 is 23.6 Å². The van der Waals surface area contributed by atoms with E-state index in [9.17, 15) is 19.5 Å². The van der Waals surface area contributed by atoms with Crippen LogP contribution in [0.15, 0.2) is 78.9 Å². The molecule has 0 aromatic heterocycles. The predicted octanol–water partition coefficient (Wildman–Crippen LogP) is 3.22. The highest BCUT2D eigenvalue weighted by Gasteiger charge is 2.38. The van der Waals surface area contributed by atoms with E-state index in [0.29, 0.717) is 0 Å². The summed E-state index contributed by atoms with van der Waals surface area (Å²) in [6.07, 6.45) is -1.49. The number of hydrogen-bond donors (Lipinski definition) is 3. The third-order valence-corrected chi connectivity index (χ3v) is 4.92. The van der Waals surface area contributed by atoms with Gasteiger partial charge in [0.1, 0.15) is 0 Å². The topological polar surface area (TPSA) is 98.7 Å². The number of carbonyl (C=O) groups excluding carboxylic acids is 2. The van der Waals surface area contributed by atoms with Crippen LogP contribution in [0.3, 0.4) is 0 Å². The summed E-state index contributed by atoms with van der Waals surface area (Å²) in [6.45, 7) is 0.197. The maximum atomic E-state index is 13.0. The highest BCUT2D eigenvalue weighted by molar-refractivity contribution is 6.11. The number of urea groups is 1. The van der Waals surface area contributed by atoms with E-state index in [1.54, 1.807) is 24.3 Å². The molecule has 0 aliphatic carbocycles. The van der Waals surface area contributed by atoms with Crippen LogP contribution in [-0.2, 0) is 11.3 Å². The molecule has 1 aliphatic heterocycles. The summed E-state index contributed by atoms with van der Waals surface area (Å²) < 4.78 is 0. The Balaban J connectivity index is 1.61. The number of aliphatic carboxylic acids is 1. The van der Waals surface area contributed by atoms with E-state index in [1.807, 2.05) is 54.6 Å². The van der Waals surface area contributed by atoms with Crippen LogP contribution < -0.4 is 15.5 Å². The second-order valence-electron chi connectivity index (χ2n) is 6.78. The SMILES string of the molecule is O=C1NC(C(=O)O)N(C(=O)NCc2ccccc2-c2ccccc2)c2ccccc21. The standard InChI is InChI=1S/C23H19N3O4/c27-21-18-12-6-7-13-19(18)26(20(25-21)22(28)29)23(30)24-14-16-10-4-5-11-17(16)15-8-2-1-3-9-15/h1-13,20H,14H2,(H,24,30)(H,25,27)(H,28,29). The minimum Gasteiger partial charge on any atom is -0.478 e. The van der Waals surface area contributed by atoms with Gasteiger partial charge in [0, 0.05) is 6.54 Å². The monoisotopic (exact) mass is 401 g/mol. The molecule has 1 aliphatic rings. The Morgan fingerprint density at radius 2 is 1.53 bits per heavy atom. The van der Waals surface area contributed by atoms with E-state index in [-0.39, 0.29) is 17.8 Å². The number of para-hydroxylation sites is 1. The Bertz CT molecular complexity index is 1110. The number of hydrogen-bond acceptors (Lipinski definition) is 3. The van der Waals surface area contributed by atoms with Gasteiger partial charge in [-0.05, 0) is 28.8 Å². The molecule has 0 saturated carbocycles. The van der Waals surface area contributed by atoms with Gasteiger partial charge < -0.3 is 15.7 Å². The molecule has 4 rings (SSSR count). The smallest absolute Gasteiger partial charge is 0.347 e. The van der Waals surface area contributed by atoms with Crippen molar-refractivity contribution in [1.29, 1.82) is 0 Å². The zero-order valence-corrected chi connectivity index (χ0v) is 15.9. The zero-order valence-electron chi connectivity index (χ0n) is 15.9. The summed E-state index contributed by atoms with van der Waals surface area (Å²) in [5, 5.41) is 14.7. The lowest BCUT2D eigenvalue weighted by Gasteiger charge is -2.34. The number of carbonyl (C=O) groups is 3. The average molecular weight is 401 g/mol. The van der Waals surface area contributed by atoms with E-state index < -0.39 is 24.1 Å². The molecule has 1 heterocycles. The minimum absolute atomic E-state index is 0.197. The summed E-state index contributed by atoms with van der Waals surface area (Å²) in [7, 11) is 0. The third kappa shape index (κ3) is 3.60. The molecule has 3 amide bonds. The Labute approximate surface area is 173 Å². The summed E-state index contributed by atoms with van der Waals surface area (Å²) in [5.74, 6) is -1.85. The maximum Gasteiger partial charge on any atom is 0.347 e. The molecule has 0 bridgehead atoms. The molecule has 7 nitrogen and oxygen atoms in total. The van der Waals surface area contributed by atoms with Crippen LogP contribution in [0.5, 0.6) is 0 Å². The highest BCUT2D eigenvalue weighted by Crippen LogP contribution is 2.27. The number of benzene rings is 3. The number of fused-ring (bicyclic) bond motifs is 1. The number of nitrogens with one attached hydrogen (secondary N) is 2. The second kappa shape index (κ2) is 8.08. The lowest BCUT2D eigenvalue weighted by molar-refractivity contribution is -0.139. The van der Waals surface area contributed by atoms with Crippen molar-refractivity contribution in [2.75, 3.05) is 4.90 Å². The van der Waals surface area contributed by atoms with Crippen LogP contribution in [0.4, 0.5) is 10.5 Å². The quantitative estimate of drug-likeness (QED) is 0.625. The molecular weight excluding hydrogens is 382 g/mol. The van der Waals surface area contributed by atoms with E-state index in [4.69, 9.17) is 0 Å². The van der Waals surface area contributed by atoms with Crippen LogP contribution in [0, 0.1) is 0 Å². The predicted molar refractivity (Wildman–Crippen MR) is 112 cm³/mol. The van der Waals surface area contributed by atoms with Gasteiger partial charge in [0.2, 0.25) is 6.17 Å². The van der Waals surface area contributed by atoms with Gasteiger partial charge in [-0.15, -0.1) is 0 Å². The van der Waals surface area contributed by atoms with Gasteiger partial charge in [-0.3, -0.25) is 9.69 Å². The molecule has 7 heteroatoms. The van der Waals surface area contributed by atoms with Crippen LogP contribution in [-0.4, -0.2) is 29.2 Å². The van der Waals surface area contributed by atoms with Crippen LogP contribution >= 0.6 is 0 Å². The Morgan fingerprint density at radius 1 is 0.900 bits per heavy atom. The lowest BCUT2D eigenvalue weighted by atomic mass is 10.00. The lowest BCUT2D eigenvalue weighted by Crippen LogP contribution is -2.61. The number of carboxylic acids is 1. The Kier molecular flexibility index (Phi) is 5.17. The molecule has 150 valence electrons. The summed E-state index contributed by atoms with van der Waals surface area (Å²) >= 11 is 0. The van der Waals surface area contributed by atoms with Crippen molar-refractivity contribution in [3.8, 4) is 11.1 Å². The fourth-order valence-corrected chi connectivity index (χ4v) is 3.51. The molecular formula is C23H19N3O4. The molecule has 30 heavy (non-hydrogen) atoms. The molecule has 3 N–H and O–H groups in total. The molecule has 0 fully saturated rings. The van der Waals surface area contributed by atoms with Crippen molar-refractivity contribution in [3.63, 3.8) is 0 Å². The molecule has 0 spiro atoms. The average Bonchev–Trinajstić information content (AvgIpc) is 2.78. The van der Waals surface area contributed by atoms with Crippen LogP contribution in [0.2, 0.25) is 0 Å². The van der Waals surface area contributed by atoms with Crippen molar-refractivity contribution in [1.82, 2.24) is 10.6 Å². The van der Waals surface area contributed by atoms with Crippen LogP contribution in [0.25, 0.3) is 11.1 Å². The van der Waals surface area contributed by atoms with E-state index in [1.165, 1.54) is 0 Å². The number of rotatable bonds is 4. The normalized spacial score (nSPS) is 15.1. The maximum absolute atomic E-state index is 13.0. The van der Waals surface area contributed by atoms with Crippen LogP contribution in [0.1, 0.15) is 15.9 Å². The first kappa shape index (κ1) is 19.2. The second-order valence-corrected chi connectivity index (χ2v) is 6.78. The first-order chi connectivity index (χ1) is 14.6. The Morgan fingerprint density at radius 3 is 2.27 bits per heavy atom. The van der Waals surface area contributed by atoms with Gasteiger partial charge in [0.25, 0.3) is 5.91 Å². The van der Waals surface area contributed by atoms with Crippen molar-refractivity contribution in [2.24, 2.45) is 0 Å². The van der Waals surface area contributed by atoms with Gasteiger partial charge in [0.05, 0.1) is 11.3 Å². The fourth-order valence-electron chi connectivity index (χ4n) is 3.51. The number of amides is 3. The fraction of sp³-hybridized carbons (Fsp3) is 0.0870. The van der Waals surface area contributed by atoms with Gasteiger partial charge in [-0.1, -0.05) is 66.7 Å². The van der Waals surface area contributed by atoms with Crippen molar-refractivity contribution in [3.05, 3.63) is 90.0 Å². The minimum atomic E-state index is -1.49. The number of carboxylic acid groups (broad SMARTS) is 1. The zero-order chi connectivity index (χ0) is 21.1. The third-order valence-electron chi connectivity index (χ3n) is 4.92. The van der Waals surface area contributed by atoms with Gasteiger partial charge in [-0.25, -0.2) is 9.59 Å². The van der Waals surface area contributed by atoms with Gasteiger partial charge in [-0.2, -0.15) is 0 Å². The first-order valence-corrected chi connectivity index (χ1v) is 9.39. The Hall–Kier alpha value is -4.13. The summed E-state index contributed by atoms with van der Waals surface area (Å²) in [4.78, 5) is 38.0. The molecule has 3 aromatic rings. The molecule has 1 unspecified atom stereocenters. The van der Waals surface area contributed by atoms with Gasteiger partial charge in [0.15, 0.2) is 0 Å².